The van der Waals surface area contributed by atoms with Gasteiger partial charge in [0.25, 0.3) is 0 Å². The number of hydrogen-bond acceptors (Lipinski definition) is 2. The molecule has 19 heavy (non-hydrogen) atoms. The Morgan fingerprint density at radius 2 is 1.84 bits per heavy atom. The molecule has 2 nitrogen and oxygen atoms in total. The van der Waals surface area contributed by atoms with Crippen molar-refractivity contribution in [2.45, 2.75) is 78.2 Å². The zero-order valence-corrected chi connectivity index (χ0v) is 13.0. The van der Waals surface area contributed by atoms with Crippen molar-refractivity contribution in [1.29, 1.82) is 5.26 Å². The fourth-order valence-electron chi connectivity index (χ4n) is 4.76. The van der Waals surface area contributed by atoms with Gasteiger partial charge >= 0.3 is 0 Å². The Morgan fingerprint density at radius 3 is 2.32 bits per heavy atom. The van der Waals surface area contributed by atoms with E-state index in [1.54, 1.807) is 0 Å². The minimum Gasteiger partial charge on any atom is -0.388 e. The average molecular weight is 263 g/mol. The fraction of sp³-hybridized carbons (Fsp3) is 0.941. The molecule has 0 aromatic rings. The molecule has 2 saturated carbocycles. The summed E-state index contributed by atoms with van der Waals surface area (Å²) in [5.74, 6) is 0.824. The summed E-state index contributed by atoms with van der Waals surface area (Å²) in [4.78, 5) is 0. The third-order valence-electron chi connectivity index (χ3n) is 5.73. The Balaban J connectivity index is 2.40. The van der Waals surface area contributed by atoms with Gasteiger partial charge in [-0.05, 0) is 49.4 Å². The smallest absolute Gasteiger partial charge is 0.0866 e. The van der Waals surface area contributed by atoms with E-state index in [0.717, 1.165) is 38.5 Å². The van der Waals surface area contributed by atoms with Crippen molar-refractivity contribution in [3.05, 3.63) is 0 Å². The zero-order valence-electron chi connectivity index (χ0n) is 13.0. The lowest BCUT2D eigenvalue weighted by Crippen LogP contribution is -2.57. The summed E-state index contributed by atoms with van der Waals surface area (Å²) in [7, 11) is 0. The van der Waals surface area contributed by atoms with E-state index < -0.39 is 11.0 Å². The lowest BCUT2D eigenvalue weighted by molar-refractivity contribution is -0.153. The Hall–Kier alpha value is -0.550. The first kappa shape index (κ1) is 14.9. The van der Waals surface area contributed by atoms with Crippen LogP contribution in [0.1, 0.15) is 72.6 Å². The highest BCUT2D eigenvalue weighted by atomic mass is 16.3. The van der Waals surface area contributed by atoms with Gasteiger partial charge in [0.1, 0.15) is 0 Å². The predicted octanol–water partition coefficient (Wildman–Crippen LogP) is 4.28. The second kappa shape index (κ2) is 4.77. The number of aliphatic hydroxyl groups is 1. The van der Waals surface area contributed by atoms with Crippen molar-refractivity contribution in [2.75, 3.05) is 0 Å². The Bertz CT molecular complexity index is 378. The molecule has 0 aliphatic heterocycles. The monoisotopic (exact) mass is 263 g/mol. The van der Waals surface area contributed by atoms with Gasteiger partial charge in [0.05, 0.1) is 17.1 Å². The number of hydrogen-bond donors (Lipinski definition) is 1. The average Bonchev–Trinajstić information content (AvgIpc) is 2.71. The first-order valence-electron chi connectivity index (χ1n) is 7.89. The van der Waals surface area contributed by atoms with E-state index in [-0.39, 0.29) is 11.3 Å². The molecule has 2 fully saturated rings. The summed E-state index contributed by atoms with van der Waals surface area (Å²) in [6.07, 6.45) is 7.00. The molecule has 0 amide bonds. The van der Waals surface area contributed by atoms with Crippen LogP contribution in [0, 0.1) is 34.0 Å². The van der Waals surface area contributed by atoms with Crippen LogP contribution >= 0.6 is 0 Å². The van der Waals surface area contributed by atoms with Crippen LogP contribution in [0.5, 0.6) is 0 Å². The van der Waals surface area contributed by atoms with Gasteiger partial charge in [0, 0.05) is 0 Å². The van der Waals surface area contributed by atoms with Gasteiger partial charge in [-0.2, -0.15) is 5.26 Å². The van der Waals surface area contributed by atoms with Crippen LogP contribution in [0.25, 0.3) is 0 Å². The minimum atomic E-state index is -0.775. The highest BCUT2D eigenvalue weighted by molar-refractivity contribution is 5.18. The molecule has 0 radical (unpaired) electrons. The molecule has 0 bridgehead atoms. The zero-order chi connectivity index (χ0) is 14.3. The third kappa shape index (κ3) is 2.31. The molecule has 0 aromatic carbocycles. The summed E-state index contributed by atoms with van der Waals surface area (Å²) in [5.41, 5.74) is -1.20. The topological polar surface area (TPSA) is 44.0 Å². The van der Waals surface area contributed by atoms with Crippen LogP contribution in [0.3, 0.4) is 0 Å². The first-order valence-corrected chi connectivity index (χ1v) is 7.89. The lowest BCUT2D eigenvalue weighted by atomic mass is 9.54. The quantitative estimate of drug-likeness (QED) is 0.767. The summed E-state index contributed by atoms with van der Waals surface area (Å²) < 4.78 is 0. The molecule has 4 unspecified atom stereocenters. The molecular weight excluding hydrogens is 234 g/mol. The Kier molecular flexibility index (Phi) is 3.73. The SMILES string of the molecule is CC1CCC(C#N)(C2(O)CCCCC2C(C)(C)C)C1. The van der Waals surface area contributed by atoms with E-state index in [9.17, 15) is 10.4 Å². The summed E-state index contributed by atoms with van der Waals surface area (Å²) >= 11 is 0. The van der Waals surface area contributed by atoms with Crippen molar-refractivity contribution in [2.24, 2.45) is 22.7 Å². The number of nitriles is 1. The van der Waals surface area contributed by atoms with Crippen molar-refractivity contribution in [3.63, 3.8) is 0 Å². The molecule has 0 saturated heterocycles. The minimum absolute atomic E-state index is 0.0743. The Labute approximate surface area is 118 Å². The van der Waals surface area contributed by atoms with Gasteiger partial charge in [-0.25, -0.2) is 0 Å². The maximum atomic E-state index is 11.5. The molecule has 4 atom stereocenters. The van der Waals surface area contributed by atoms with E-state index in [1.807, 2.05) is 0 Å². The molecular formula is C17H29NO. The van der Waals surface area contributed by atoms with Crippen LogP contribution < -0.4 is 0 Å². The van der Waals surface area contributed by atoms with Crippen LogP contribution in [0.15, 0.2) is 0 Å². The highest BCUT2D eigenvalue weighted by Crippen LogP contribution is 2.58. The molecule has 0 heterocycles. The molecule has 2 aliphatic rings. The van der Waals surface area contributed by atoms with E-state index >= 15 is 0 Å². The van der Waals surface area contributed by atoms with Gasteiger partial charge in [0.15, 0.2) is 0 Å². The molecule has 2 rings (SSSR count). The van der Waals surface area contributed by atoms with Gasteiger partial charge < -0.3 is 5.11 Å². The van der Waals surface area contributed by atoms with Crippen molar-refractivity contribution < 1.29 is 5.11 Å². The van der Waals surface area contributed by atoms with E-state index in [2.05, 4.69) is 33.8 Å². The van der Waals surface area contributed by atoms with Gasteiger partial charge in [0.2, 0.25) is 0 Å². The molecule has 2 aliphatic carbocycles. The second-order valence-electron chi connectivity index (χ2n) is 8.13. The molecule has 0 spiro atoms. The van der Waals surface area contributed by atoms with Crippen molar-refractivity contribution in [3.8, 4) is 6.07 Å². The van der Waals surface area contributed by atoms with Gasteiger partial charge in [-0.15, -0.1) is 0 Å². The molecule has 108 valence electrons. The van der Waals surface area contributed by atoms with Crippen LogP contribution in [-0.2, 0) is 0 Å². The van der Waals surface area contributed by atoms with Crippen molar-refractivity contribution in [1.82, 2.24) is 0 Å². The highest BCUT2D eigenvalue weighted by Gasteiger charge is 2.60. The Morgan fingerprint density at radius 1 is 1.16 bits per heavy atom. The van der Waals surface area contributed by atoms with E-state index in [1.165, 1.54) is 6.42 Å². The van der Waals surface area contributed by atoms with E-state index in [4.69, 9.17) is 0 Å². The molecule has 1 N–H and O–H groups in total. The largest absolute Gasteiger partial charge is 0.388 e. The lowest BCUT2D eigenvalue weighted by Gasteiger charge is -2.53. The predicted molar refractivity (Wildman–Crippen MR) is 77.4 cm³/mol. The van der Waals surface area contributed by atoms with Gasteiger partial charge in [-0.1, -0.05) is 40.5 Å². The van der Waals surface area contributed by atoms with Crippen molar-refractivity contribution >= 4 is 0 Å². The third-order valence-corrected chi connectivity index (χ3v) is 5.73. The summed E-state index contributed by atoms with van der Waals surface area (Å²) in [6.45, 7) is 8.88. The van der Waals surface area contributed by atoms with Gasteiger partial charge in [-0.3, -0.25) is 0 Å². The van der Waals surface area contributed by atoms with E-state index in [0.29, 0.717) is 5.92 Å². The molecule has 0 aromatic heterocycles. The van der Waals surface area contributed by atoms with Crippen LogP contribution in [0.4, 0.5) is 0 Å². The maximum absolute atomic E-state index is 11.5. The summed E-state index contributed by atoms with van der Waals surface area (Å²) in [5, 5.41) is 21.3. The van der Waals surface area contributed by atoms with Crippen LogP contribution in [-0.4, -0.2) is 10.7 Å². The number of rotatable bonds is 1. The normalized spacial score (nSPS) is 44.0. The van der Waals surface area contributed by atoms with Crippen LogP contribution in [0.2, 0.25) is 0 Å². The molecule has 2 heteroatoms. The summed E-state index contributed by atoms with van der Waals surface area (Å²) in [6, 6.07) is 2.57. The maximum Gasteiger partial charge on any atom is 0.0866 e. The fourth-order valence-corrected chi connectivity index (χ4v) is 4.76. The first-order chi connectivity index (χ1) is 8.75. The number of nitrogens with zero attached hydrogens (tertiary/aromatic N) is 1. The standard InChI is InChI=1S/C17H29NO/c1-13-8-10-16(11-13,12-18)17(19)9-6-5-7-14(17)15(2,3)4/h13-14,19H,5-11H2,1-4H3. The second-order valence-corrected chi connectivity index (χ2v) is 8.13.